The molecule has 0 aliphatic rings. The molecule has 0 aromatic heterocycles. The highest BCUT2D eigenvalue weighted by atomic mass is 32.2. The molecule has 2 rings (SSSR count). The number of rotatable bonds is 8. The zero-order chi connectivity index (χ0) is 20.6. The number of guanidine groups is 1. The number of halogens is 1. The van der Waals surface area contributed by atoms with E-state index in [1.807, 2.05) is 6.92 Å². The minimum absolute atomic E-state index is 0.0943. The fourth-order valence-corrected chi connectivity index (χ4v) is 2.93. The van der Waals surface area contributed by atoms with E-state index >= 15 is 0 Å². The first-order valence-electron chi connectivity index (χ1n) is 8.76. The summed E-state index contributed by atoms with van der Waals surface area (Å²) in [6.07, 6.45) is 0.544. The number of primary sulfonamides is 1. The SMILES string of the molecule is CN=C(NCCc1ccc(S(N)(=O)=O)cc1)NCC(C)Oc1ccc(F)cc1. The molecule has 28 heavy (non-hydrogen) atoms. The van der Waals surface area contributed by atoms with Gasteiger partial charge in [0, 0.05) is 13.6 Å². The van der Waals surface area contributed by atoms with Crippen molar-refractivity contribution in [2.45, 2.75) is 24.3 Å². The van der Waals surface area contributed by atoms with Crippen LogP contribution in [0.25, 0.3) is 0 Å². The molecule has 0 saturated heterocycles. The monoisotopic (exact) mass is 408 g/mol. The van der Waals surface area contributed by atoms with Gasteiger partial charge in [0.1, 0.15) is 17.7 Å². The molecule has 2 aromatic rings. The molecule has 0 radical (unpaired) electrons. The highest BCUT2D eigenvalue weighted by molar-refractivity contribution is 7.89. The predicted molar refractivity (Wildman–Crippen MR) is 107 cm³/mol. The summed E-state index contributed by atoms with van der Waals surface area (Å²) in [5.74, 6) is 0.916. The minimum Gasteiger partial charge on any atom is -0.489 e. The molecule has 1 atom stereocenters. The number of aliphatic imine (C=N–C) groups is 1. The number of nitrogens with one attached hydrogen (secondary N) is 2. The molecule has 7 nitrogen and oxygen atoms in total. The van der Waals surface area contributed by atoms with Crippen molar-refractivity contribution in [1.82, 2.24) is 10.6 Å². The van der Waals surface area contributed by atoms with Crippen molar-refractivity contribution >= 4 is 16.0 Å². The number of sulfonamides is 1. The fourth-order valence-electron chi connectivity index (χ4n) is 2.42. The molecule has 0 aliphatic carbocycles. The molecule has 1 unspecified atom stereocenters. The van der Waals surface area contributed by atoms with E-state index in [4.69, 9.17) is 9.88 Å². The average Bonchev–Trinajstić information content (AvgIpc) is 2.66. The standard InChI is InChI=1S/C19H25FN4O3S/c1-14(27-17-7-5-16(20)6-8-17)13-24-19(22-2)23-12-11-15-3-9-18(10-4-15)28(21,25)26/h3-10,14H,11-13H2,1-2H3,(H2,21,25,26)(H2,22,23,24). The zero-order valence-corrected chi connectivity index (χ0v) is 16.7. The van der Waals surface area contributed by atoms with Crippen molar-refractivity contribution in [1.29, 1.82) is 0 Å². The summed E-state index contributed by atoms with van der Waals surface area (Å²) in [6.45, 7) is 3.03. The van der Waals surface area contributed by atoms with Gasteiger partial charge >= 0.3 is 0 Å². The lowest BCUT2D eigenvalue weighted by molar-refractivity contribution is 0.223. The van der Waals surface area contributed by atoms with Crippen molar-refractivity contribution in [3.8, 4) is 5.75 Å². The smallest absolute Gasteiger partial charge is 0.238 e. The molecular formula is C19H25FN4O3S. The van der Waals surface area contributed by atoms with E-state index in [9.17, 15) is 12.8 Å². The largest absolute Gasteiger partial charge is 0.489 e. The Bertz CT molecular complexity index is 884. The molecule has 152 valence electrons. The number of hydrogen-bond acceptors (Lipinski definition) is 4. The van der Waals surface area contributed by atoms with Crippen LogP contribution >= 0.6 is 0 Å². The summed E-state index contributed by atoms with van der Waals surface area (Å²) in [5.41, 5.74) is 0.975. The van der Waals surface area contributed by atoms with Crippen LogP contribution in [0.5, 0.6) is 5.75 Å². The van der Waals surface area contributed by atoms with Crippen molar-refractivity contribution in [2.24, 2.45) is 10.1 Å². The van der Waals surface area contributed by atoms with E-state index in [1.54, 1.807) is 31.3 Å². The Balaban J connectivity index is 1.74. The van der Waals surface area contributed by atoms with Crippen molar-refractivity contribution < 1.29 is 17.5 Å². The third-order valence-corrected chi connectivity index (χ3v) is 4.82. The van der Waals surface area contributed by atoms with Crippen LogP contribution in [0.2, 0.25) is 0 Å². The molecular weight excluding hydrogens is 383 g/mol. The normalized spacial score (nSPS) is 13.1. The maximum atomic E-state index is 12.9. The summed E-state index contributed by atoms with van der Waals surface area (Å²) in [6, 6.07) is 12.3. The molecule has 0 spiro atoms. The highest BCUT2D eigenvalue weighted by Crippen LogP contribution is 2.12. The number of ether oxygens (including phenoxy) is 1. The molecule has 9 heteroatoms. The van der Waals surface area contributed by atoms with Gasteiger partial charge < -0.3 is 15.4 Å². The number of benzene rings is 2. The second kappa shape index (κ2) is 10.0. The quantitative estimate of drug-likeness (QED) is 0.455. The molecule has 0 amide bonds. The van der Waals surface area contributed by atoms with E-state index in [2.05, 4.69) is 15.6 Å². The summed E-state index contributed by atoms with van der Waals surface area (Å²) < 4.78 is 41.1. The van der Waals surface area contributed by atoms with Gasteiger partial charge in [-0.2, -0.15) is 0 Å². The Kier molecular flexibility index (Phi) is 7.77. The molecule has 2 aromatic carbocycles. The van der Waals surface area contributed by atoms with E-state index in [1.165, 1.54) is 24.3 Å². The molecule has 4 N–H and O–H groups in total. The van der Waals surface area contributed by atoms with E-state index in [0.717, 1.165) is 5.56 Å². The van der Waals surface area contributed by atoms with Gasteiger partial charge in [0.05, 0.1) is 11.4 Å². The van der Waals surface area contributed by atoms with Crippen LogP contribution in [0.3, 0.4) is 0 Å². The van der Waals surface area contributed by atoms with Crippen LogP contribution in [-0.2, 0) is 16.4 Å². The van der Waals surface area contributed by atoms with E-state index in [-0.39, 0.29) is 16.8 Å². The first-order chi connectivity index (χ1) is 13.3. The van der Waals surface area contributed by atoms with Gasteiger partial charge in [-0.3, -0.25) is 4.99 Å². The lowest BCUT2D eigenvalue weighted by atomic mass is 10.1. The predicted octanol–water partition coefficient (Wildman–Crippen LogP) is 1.65. The van der Waals surface area contributed by atoms with Crippen molar-refractivity contribution in [3.05, 3.63) is 59.9 Å². The van der Waals surface area contributed by atoms with Gasteiger partial charge in [-0.05, 0) is 55.3 Å². The first-order valence-corrected chi connectivity index (χ1v) is 10.3. The maximum absolute atomic E-state index is 12.9. The van der Waals surface area contributed by atoms with Crippen LogP contribution in [0.1, 0.15) is 12.5 Å². The van der Waals surface area contributed by atoms with Crippen LogP contribution in [-0.4, -0.2) is 40.6 Å². The average molecular weight is 408 g/mol. The fraction of sp³-hybridized carbons (Fsp3) is 0.316. The van der Waals surface area contributed by atoms with Gasteiger partial charge in [0.15, 0.2) is 5.96 Å². The third-order valence-electron chi connectivity index (χ3n) is 3.89. The maximum Gasteiger partial charge on any atom is 0.238 e. The topological polar surface area (TPSA) is 106 Å². The Morgan fingerprint density at radius 1 is 1.14 bits per heavy atom. The van der Waals surface area contributed by atoms with Gasteiger partial charge in [0.25, 0.3) is 0 Å². The summed E-state index contributed by atoms with van der Waals surface area (Å²) in [4.78, 5) is 4.24. The van der Waals surface area contributed by atoms with Gasteiger partial charge in [-0.15, -0.1) is 0 Å². The van der Waals surface area contributed by atoms with Gasteiger partial charge in [0.2, 0.25) is 10.0 Å². The van der Waals surface area contributed by atoms with Crippen molar-refractivity contribution in [2.75, 3.05) is 20.1 Å². The van der Waals surface area contributed by atoms with Crippen LogP contribution < -0.4 is 20.5 Å². The molecule has 0 aliphatic heterocycles. The Hall–Kier alpha value is -2.65. The Morgan fingerprint density at radius 3 is 2.36 bits per heavy atom. The summed E-state index contributed by atoms with van der Waals surface area (Å²) in [7, 11) is -2.00. The first kappa shape index (κ1) is 21.6. The highest BCUT2D eigenvalue weighted by Gasteiger charge is 2.08. The second-order valence-corrected chi connectivity index (χ2v) is 7.76. The molecule has 0 heterocycles. The van der Waals surface area contributed by atoms with Crippen LogP contribution in [0.4, 0.5) is 4.39 Å². The van der Waals surface area contributed by atoms with Gasteiger partial charge in [-0.1, -0.05) is 12.1 Å². The lowest BCUT2D eigenvalue weighted by Gasteiger charge is -2.17. The summed E-state index contributed by atoms with van der Waals surface area (Å²) >= 11 is 0. The Labute approximate surface area is 164 Å². The number of hydrogen-bond donors (Lipinski definition) is 3. The third kappa shape index (κ3) is 7.16. The van der Waals surface area contributed by atoms with Crippen molar-refractivity contribution in [3.63, 3.8) is 0 Å². The lowest BCUT2D eigenvalue weighted by Crippen LogP contribution is -2.42. The van der Waals surface area contributed by atoms with E-state index < -0.39 is 10.0 Å². The van der Waals surface area contributed by atoms with E-state index in [0.29, 0.717) is 31.2 Å². The summed E-state index contributed by atoms with van der Waals surface area (Å²) in [5, 5.41) is 11.4. The number of nitrogens with zero attached hydrogens (tertiary/aromatic N) is 1. The molecule has 0 bridgehead atoms. The van der Waals surface area contributed by atoms with Crippen LogP contribution in [0.15, 0.2) is 58.4 Å². The van der Waals surface area contributed by atoms with Crippen LogP contribution in [0, 0.1) is 5.82 Å². The van der Waals surface area contributed by atoms with Gasteiger partial charge in [-0.25, -0.2) is 17.9 Å². The second-order valence-electron chi connectivity index (χ2n) is 6.20. The minimum atomic E-state index is -3.67. The number of nitrogens with two attached hydrogens (primary N) is 1. The zero-order valence-electron chi connectivity index (χ0n) is 15.9. The molecule has 0 fully saturated rings. The Morgan fingerprint density at radius 2 is 1.79 bits per heavy atom. The molecule has 0 saturated carbocycles.